The van der Waals surface area contributed by atoms with E-state index in [9.17, 15) is 19.8 Å². The Morgan fingerprint density at radius 1 is 0.739 bits per heavy atom. The molecule has 0 aliphatic carbocycles. The van der Waals surface area contributed by atoms with Gasteiger partial charge in [-0.1, -0.05) is 23.5 Å². The quantitative estimate of drug-likeness (QED) is 0.0889. The summed E-state index contributed by atoms with van der Waals surface area (Å²) in [7, 11) is 0. The van der Waals surface area contributed by atoms with Crippen LogP contribution in [-0.4, -0.2) is 79.9 Å². The number of rotatable bonds is 14. The Morgan fingerprint density at radius 3 is 1.41 bits per heavy atom. The summed E-state index contributed by atoms with van der Waals surface area (Å²) < 4.78 is 1.81. The van der Waals surface area contributed by atoms with E-state index in [4.69, 9.17) is 11.5 Å². The summed E-state index contributed by atoms with van der Waals surface area (Å²) in [4.78, 5) is 34.3. The van der Waals surface area contributed by atoms with Crippen LogP contribution >= 0.6 is 68.9 Å². The number of thiazole rings is 2. The van der Waals surface area contributed by atoms with E-state index in [-0.39, 0.29) is 11.1 Å². The van der Waals surface area contributed by atoms with Crippen molar-refractivity contribution in [1.82, 2.24) is 20.6 Å². The smallest absolute Gasteiger partial charge is 0.258 e. The molecule has 0 bridgehead atoms. The van der Waals surface area contributed by atoms with Gasteiger partial charge in [-0.15, -0.1) is 45.3 Å². The first-order valence-corrected chi connectivity index (χ1v) is 19.7. The first kappa shape index (κ1) is 38.6. The zero-order valence-electron chi connectivity index (χ0n) is 26.7. The molecule has 10 nitrogen and oxygen atoms in total. The lowest BCUT2D eigenvalue weighted by Gasteiger charge is -2.22. The van der Waals surface area contributed by atoms with Gasteiger partial charge in [0.05, 0.1) is 43.1 Å². The number of aliphatic hydroxyl groups excluding tert-OH is 2. The average molecular weight is 743 g/mol. The number of amides is 2. The third-order valence-electron chi connectivity index (χ3n) is 5.70. The molecule has 4 heterocycles. The molecule has 0 radical (unpaired) electrons. The summed E-state index contributed by atoms with van der Waals surface area (Å²) in [6.07, 6.45) is -0.843. The maximum Gasteiger partial charge on any atom is 0.258 e. The predicted molar refractivity (Wildman–Crippen MR) is 197 cm³/mol. The molecule has 4 rings (SSSR count). The highest BCUT2D eigenvalue weighted by Crippen LogP contribution is 2.33. The number of hydrogen-bond acceptors (Lipinski definition) is 14. The average Bonchev–Trinajstić information content (AvgIpc) is 3.77. The van der Waals surface area contributed by atoms with Crippen LogP contribution in [0.15, 0.2) is 43.7 Å². The lowest BCUT2D eigenvalue weighted by molar-refractivity contribution is 0.0995. The minimum Gasteiger partial charge on any atom is -0.391 e. The second-order valence-corrected chi connectivity index (χ2v) is 18.7. The van der Waals surface area contributed by atoms with Crippen LogP contribution in [0.2, 0.25) is 0 Å². The van der Waals surface area contributed by atoms with Gasteiger partial charge in [-0.05, 0) is 65.8 Å². The summed E-state index contributed by atoms with van der Waals surface area (Å²) in [5.74, 6) is 0.348. The van der Waals surface area contributed by atoms with Gasteiger partial charge in [0.2, 0.25) is 0 Å². The second-order valence-electron chi connectivity index (χ2n) is 12.2. The fraction of sp³-hybridized carbons (Fsp3) is 0.467. The Kier molecular flexibility index (Phi) is 14.7. The van der Waals surface area contributed by atoms with Crippen molar-refractivity contribution in [3.05, 3.63) is 44.8 Å². The minimum atomic E-state index is -0.422. The van der Waals surface area contributed by atoms with Crippen molar-refractivity contribution < 1.29 is 19.8 Å². The number of aliphatic hydroxyl groups is 2. The molecule has 0 aromatic carbocycles. The van der Waals surface area contributed by atoms with Crippen LogP contribution in [0.25, 0.3) is 21.1 Å². The zero-order valence-corrected chi connectivity index (χ0v) is 31.6. The lowest BCUT2D eigenvalue weighted by atomic mass is 10.1. The van der Waals surface area contributed by atoms with Crippen LogP contribution in [0.3, 0.4) is 0 Å². The molecule has 0 aliphatic heterocycles. The van der Waals surface area contributed by atoms with Crippen molar-refractivity contribution in [1.29, 1.82) is 0 Å². The third kappa shape index (κ3) is 13.7. The lowest BCUT2D eigenvalue weighted by Crippen LogP contribution is -2.41. The van der Waals surface area contributed by atoms with Crippen molar-refractivity contribution in [2.75, 3.05) is 24.6 Å². The van der Waals surface area contributed by atoms with E-state index >= 15 is 0 Å². The molecular weight excluding hydrogens is 701 g/mol. The topological polar surface area (TPSA) is 176 Å². The van der Waals surface area contributed by atoms with Crippen LogP contribution in [0, 0.1) is 0 Å². The highest BCUT2D eigenvalue weighted by molar-refractivity contribution is 8.01. The monoisotopic (exact) mass is 742 g/mol. The number of carbonyl (C=O) groups is 2. The molecule has 0 aliphatic rings. The van der Waals surface area contributed by atoms with E-state index in [0.29, 0.717) is 34.3 Å². The molecule has 46 heavy (non-hydrogen) atoms. The number of hydrogen-bond donors (Lipinski definition) is 6. The largest absolute Gasteiger partial charge is 0.391 e. The van der Waals surface area contributed by atoms with Gasteiger partial charge >= 0.3 is 0 Å². The zero-order chi connectivity index (χ0) is 34.1. The summed E-state index contributed by atoms with van der Waals surface area (Å²) >= 11 is 8.84. The number of nitrogens with two attached hydrogens (primary N) is 2. The summed E-state index contributed by atoms with van der Waals surface area (Å²) in [5.41, 5.74) is 12.2. The van der Waals surface area contributed by atoms with Gasteiger partial charge in [0, 0.05) is 46.4 Å². The fourth-order valence-corrected chi connectivity index (χ4v) is 8.74. The number of nitrogens with one attached hydrogen (secondary N) is 2. The summed E-state index contributed by atoms with van der Waals surface area (Å²) in [6, 6.07) is 7.15. The Morgan fingerprint density at radius 2 is 1.11 bits per heavy atom. The van der Waals surface area contributed by atoms with Crippen molar-refractivity contribution >= 4 is 80.7 Å². The van der Waals surface area contributed by atoms with E-state index < -0.39 is 24.0 Å². The van der Waals surface area contributed by atoms with Crippen LogP contribution in [0.4, 0.5) is 0 Å². The number of aromatic nitrogens is 2. The molecule has 4 aromatic rings. The second kappa shape index (κ2) is 17.5. The minimum absolute atomic E-state index is 0.00268. The summed E-state index contributed by atoms with van der Waals surface area (Å²) in [6.45, 7) is 13.5. The van der Waals surface area contributed by atoms with E-state index in [2.05, 4.69) is 62.1 Å². The third-order valence-corrected chi connectivity index (χ3v) is 12.3. The van der Waals surface area contributed by atoms with Crippen LogP contribution in [-0.2, 0) is 0 Å². The van der Waals surface area contributed by atoms with Gasteiger partial charge in [0.15, 0.2) is 8.68 Å². The van der Waals surface area contributed by atoms with Crippen molar-refractivity contribution in [2.45, 2.75) is 73.5 Å². The van der Waals surface area contributed by atoms with Gasteiger partial charge in [0.25, 0.3) is 11.8 Å². The van der Waals surface area contributed by atoms with Gasteiger partial charge in [0.1, 0.15) is 0 Å². The van der Waals surface area contributed by atoms with Gasteiger partial charge in [-0.25, -0.2) is 9.97 Å². The van der Waals surface area contributed by atoms with Gasteiger partial charge in [-0.2, -0.15) is 0 Å². The molecule has 2 amide bonds. The molecule has 0 fully saturated rings. The maximum atomic E-state index is 11.1. The predicted octanol–water partition coefficient (Wildman–Crippen LogP) is 5.62. The first-order valence-electron chi connectivity index (χ1n) is 14.3. The van der Waals surface area contributed by atoms with Crippen molar-refractivity contribution in [3.63, 3.8) is 0 Å². The van der Waals surface area contributed by atoms with Crippen molar-refractivity contribution in [3.8, 4) is 21.1 Å². The molecule has 2 atom stereocenters. The SMILES string of the molecule is CC(C)(C)NCC(O)CSc1nc(-c2ccc(C(N)=O)s2)cs1.CC(C)(C)NCC(O)CSc1nc(-c2ccc(C(N)=O)s2)cs1. The van der Waals surface area contributed by atoms with Crippen LogP contribution in [0.5, 0.6) is 0 Å². The molecule has 8 N–H and O–H groups in total. The standard InChI is InChI=1S/2C15H21N3O2S3/c2*1-15(2,3)17-6-9(19)7-21-14-18-10(8-22-14)11-4-5-12(23-11)13(16)20/h2*4-5,8-9,17,19H,6-7H2,1-3H3,(H2,16,20). The number of nitrogens with zero attached hydrogens (tertiary/aromatic N) is 2. The molecule has 0 saturated heterocycles. The molecule has 252 valence electrons. The van der Waals surface area contributed by atoms with Crippen molar-refractivity contribution in [2.24, 2.45) is 11.5 Å². The van der Waals surface area contributed by atoms with Gasteiger partial charge < -0.3 is 32.3 Å². The Balaban J connectivity index is 0.000000250. The molecule has 2 unspecified atom stereocenters. The number of thioether (sulfide) groups is 2. The van der Waals surface area contributed by atoms with Gasteiger partial charge in [-0.3, -0.25) is 9.59 Å². The molecular formula is C30H42N6O4S6. The Hall–Kier alpha value is -1.86. The summed E-state index contributed by atoms with van der Waals surface area (Å²) in [5, 5.41) is 30.5. The maximum absolute atomic E-state index is 11.1. The normalized spacial score (nSPS) is 13.2. The Labute approximate surface area is 294 Å². The van der Waals surface area contributed by atoms with Crippen LogP contribution < -0.4 is 22.1 Å². The number of β-amino-alcohol motifs (C(OH)–C–C–N with tert-alkyl or cyclic N) is 2. The molecule has 4 aromatic heterocycles. The molecule has 0 saturated carbocycles. The molecule has 0 spiro atoms. The van der Waals surface area contributed by atoms with E-state index in [1.165, 1.54) is 68.9 Å². The fourth-order valence-electron chi connectivity index (χ4n) is 3.39. The number of thiophene rings is 2. The number of carbonyl (C=O) groups excluding carboxylic acids is 2. The highest BCUT2D eigenvalue weighted by atomic mass is 32.2. The van der Waals surface area contributed by atoms with E-state index in [1.54, 1.807) is 12.1 Å². The van der Waals surface area contributed by atoms with E-state index in [0.717, 1.165) is 29.8 Å². The number of primary amides is 2. The van der Waals surface area contributed by atoms with E-state index in [1.807, 2.05) is 22.9 Å². The molecule has 16 heteroatoms. The van der Waals surface area contributed by atoms with Crippen LogP contribution in [0.1, 0.15) is 60.9 Å². The highest BCUT2D eigenvalue weighted by Gasteiger charge is 2.16. The Bertz CT molecular complexity index is 1440. The first-order chi connectivity index (χ1) is 21.5.